The minimum atomic E-state index is -0.209. The number of amides is 1. The number of hydrogen-bond donors (Lipinski definition) is 0. The van der Waals surface area contributed by atoms with Crippen molar-refractivity contribution in [1.29, 1.82) is 0 Å². The van der Waals surface area contributed by atoms with Crippen LogP contribution in [0.3, 0.4) is 0 Å². The molecule has 0 aliphatic heterocycles. The van der Waals surface area contributed by atoms with E-state index in [-0.39, 0.29) is 23.8 Å². The molecule has 2 atom stereocenters. The van der Waals surface area contributed by atoms with Gasteiger partial charge in [-0.3, -0.25) is 4.79 Å². The maximum atomic E-state index is 13.3. The van der Waals surface area contributed by atoms with Crippen LogP contribution in [0, 0.1) is 5.92 Å². The van der Waals surface area contributed by atoms with Crippen molar-refractivity contribution in [2.24, 2.45) is 5.92 Å². The largest absolute Gasteiger partial charge is 0.338 e. The van der Waals surface area contributed by atoms with Gasteiger partial charge in [-0.15, -0.1) is 0 Å². The van der Waals surface area contributed by atoms with Crippen LogP contribution in [0.5, 0.6) is 0 Å². The van der Waals surface area contributed by atoms with Crippen LogP contribution in [0.2, 0.25) is 5.02 Å². The standard InChI is InChI=1S/C22H25ClN4O/c1-15(2)21(18-5-9-19(23)10-6-18)22(28)26(4)16(3)17-7-11-20(12-8-17)27-14-24-13-25-27/h5-16,21H,1-4H3/t16-,21+/m0/s1. The number of nitrogens with zero attached hydrogens (tertiary/aromatic N) is 4. The SMILES string of the molecule is CC(C)[C@@H](C(=O)N(C)[C@@H](C)c1ccc(-n2cncn2)cc1)c1ccc(Cl)cc1. The molecule has 0 aliphatic carbocycles. The van der Waals surface area contributed by atoms with Gasteiger partial charge >= 0.3 is 0 Å². The van der Waals surface area contributed by atoms with E-state index < -0.39 is 0 Å². The van der Waals surface area contributed by atoms with Gasteiger partial charge in [0.1, 0.15) is 12.7 Å². The lowest BCUT2D eigenvalue weighted by Crippen LogP contribution is -2.35. The van der Waals surface area contributed by atoms with E-state index in [1.807, 2.05) is 67.4 Å². The zero-order valence-electron chi connectivity index (χ0n) is 16.6. The second-order valence-electron chi connectivity index (χ2n) is 7.33. The topological polar surface area (TPSA) is 51.0 Å². The van der Waals surface area contributed by atoms with Crippen molar-refractivity contribution in [2.75, 3.05) is 7.05 Å². The van der Waals surface area contributed by atoms with Gasteiger partial charge < -0.3 is 4.90 Å². The van der Waals surface area contributed by atoms with E-state index in [9.17, 15) is 4.79 Å². The van der Waals surface area contributed by atoms with Gasteiger partial charge in [0.2, 0.25) is 5.91 Å². The Morgan fingerprint density at radius 3 is 2.14 bits per heavy atom. The Hall–Kier alpha value is -2.66. The molecule has 0 radical (unpaired) electrons. The third-order valence-corrected chi connectivity index (χ3v) is 5.40. The van der Waals surface area contributed by atoms with Crippen molar-refractivity contribution in [2.45, 2.75) is 32.7 Å². The number of carbonyl (C=O) groups excluding carboxylic acids is 1. The van der Waals surface area contributed by atoms with Crippen molar-refractivity contribution < 1.29 is 4.79 Å². The number of carbonyl (C=O) groups is 1. The minimum Gasteiger partial charge on any atom is -0.338 e. The smallest absolute Gasteiger partial charge is 0.230 e. The average Bonchev–Trinajstić information content (AvgIpc) is 3.23. The molecule has 0 fully saturated rings. The average molecular weight is 397 g/mol. The first-order chi connectivity index (χ1) is 13.4. The zero-order chi connectivity index (χ0) is 20.3. The number of aromatic nitrogens is 3. The summed E-state index contributed by atoms with van der Waals surface area (Å²) < 4.78 is 1.71. The normalized spacial score (nSPS) is 13.4. The first-order valence-electron chi connectivity index (χ1n) is 9.35. The number of likely N-dealkylation sites (N-methyl/N-ethyl adjacent to an activating group) is 1. The lowest BCUT2D eigenvalue weighted by Gasteiger charge is -2.31. The van der Waals surface area contributed by atoms with Crippen molar-refractivity contribution in [1.82, 2.24) is 19.7 Å². The quantitative estimate of drug-likeness (QED) is 0.596. The Morgan fingerprint density at radius 2 is 1.61 bits per heavy atom. The molecule has 2 aromatic carbocycles. The molecule has 1 aromatic heterocycles. The molecule has 146 valence electrons. The van der Waals surface area contributed by atoms with Crippen molar-refractivity contribution >= 4 is 17.5 Å². The van der Waals surface area contributed by atoms with Crippen molar-refractivity contribution in [3.05, 3.63) is 77.3 Å². The van der Waals surface area contributed by atoms with Crippen LogP contribution >= 0.6 is 11.6 Å². The van der Waals surface area contributed by atoms with Crippen LogP contribution in [0.4, 0.5) is 0 Å². The molecule has 0 bridgehead atoms. The third-order valence-electron chi connectivity index (χ3n) is 5.15. The fraction of sp³-hybridized carbons (Fsp3) is 0.318. The first-order valence-corrected chi connectivity index (χ1v) is 9.73. The Labute approximate surface area is 171 Å². The van der Waals surface area contributed by atoms with Gasteiger partial charge in [-0.1, -0.05) is 49.7 Å². The molecule has 0 saturated heterocycles. The number of halogens is 1. The molecule has 0 saturated carbocycles. The second-order valence-corrected chi connectivity index (χ2v) is 7.77. The Morgan fingerprint density at radius 1 is 1.00 bits per heavy atom. The van der Waals surface area contributed by atoms with Crippen LogP contribution in [-0.4, -0.2) is 32.6 Å². The number of hydrogen-bond acceptors (Lipinski definition) is 3. The molecule has 1 heterocycles. The van der Waals surface area contributed by atoms with Gasteiger partial charge in [0.25, 0.3) is 0 Å². The first kappa shape index (κ1) is 20.1. The monoisotopic (exact) mass is 396 g/mol. The van der Waals surface area contributed by atoms with E-state index in [1.165, 1.54) is 6.33 Å². The van der Waals surface area contributed by atoms with Crippen molar-refractivity contribution in [3.63, 3.8) is 0 Å². The number of rotatable bonds is 6. The van der Waals surface area contributed by atoms with E-state index in [2.05, 4.69) is 23.9 Å². The summed E-state index contributed by atoms with van der Waals surface area (Å²) in [7, 11) is 1.86. The highest BCUT2D eigenvalue weighted by molar-refractivity contribution is 6.30. The van der Waals surface area contributed by atoms with Crippen LogP contribution in [0.1, 0.15) is 43.9 Å². The zero-order valence-corrected chi connectivity index (χ0v) is 17.3. The van der Waals surface area contributed by atoms with Crippen molar-refractivity contribution in [3.8, 4) is 5.69 Å². The van der Waals surface area contributed by atoms with Gasteiger partial charge in [0.15, 0.2) is 0 Å². The molecule has 28 heavy (non-hydrogen) atoms. The van der Waals surface area contributed by atoms with Crippen LogP contribution in [-0.2, 0) is 4.79 Å². The molecule has 0 unspecified atom stereocenters. The van der Waals surface area contributed by atoms with E-state index >= 15 is 0 Å². The Kier molecular flexibility index (Phi) is 6.15. The van der Waals surface area contributed by atoms with Gasteiger partial charge in [-0.05, 0) is 48.2 Å². The molecular formula is C22H25ClN4O. The molecule has 0 N–H and O–H groups in total. The lowest BCUT2D eigenvalue weighted by atomic mass is 9.86. The molecule has 6 heteroatoms. The number of benzene rings is 2. The summed E-state index contributed by atoms with van der Waals surface area (Å²) >= 11 is 6.01. The van der Waals surface area contributed by atoms with Gasteiger partial charge in [-0.2, -0.15) is 5.10 Å². The summed E-state index contributed by atoms with van der Waals surface area (Å²) in [5, 5.41) is 4.81. The predicted molar refractivity (Wildman–Crippen MR) is 112 cm³/mol. The van der Waals surface area contributed by atoms with E-state index in [0.717, 1.165) is 16.8 Å². The maximum absolute atomic E-state index is 13.3. The molecule has 3 aromatic rings. The fourth-order valence-electron chi connectivity index (χ4n) is 3.36. The molecular weight excluding hydrogens is 372 g/mol. The second kappa shape index (κ2) is 8.57. The summed E-state index contributed by atoms with van der Waals surface area (Å²) in [5.41, 5.74) is 2.99. The van der Waals surface area contributed by atoms with Crippen LogP contribution in [0.25, 0.3) is 5.69 Å². The van der Waals surface area contributed by atoms with Gasteiger partial charge in [0.05, 0.1) is 17.6 Å². The highest BCUT2D eigenvalue weighted by Gasteiger charge is 2.29. The highest BCUT2D eigenvalue weighted by atomic mass is 35.5. The fourth-order valence-corrected chi connectivity index (χ4v) is 3.49. The van der Waals surface area contributed by atoms with E-state index in [0.29, 0.717) is 5.02 Å². The van der Waals surface area contributed by atoms with E-state index in [4.69, 9.17) is 11.6 Å². The summed E-state index contributed by atoms with van der Waals surface area (Å²) in [5.74, 6) is 0.0716. The van der Waals surface area contributed by atoms with Crippen LogP contribution < -0.4 is 0 Å². The minimum absolute atomic E-state index is 0.0501. The summed E-state index contributed by atoms with van der Waals surface area (Å²) in [4.78, 5) is 19.1. The van der Waals surface area contributed by atoms with Gasteiger partial charge in [-0.25, -0.2) is 9.67 Å². The Balaban J connectivity index is 1.79. The molecule has 0 aliphatic rings. The van der Waals surface area contributed by atoms with Crippen LogP contribution in [0.15, 0.2) is 61.2 Å². The van der Waals surface area contributed by atoms with E-state index in [1.54, 1.807) is 11.0 Å². The maximum Gasteiger partial charge on any atom is 0.230 e. The van der Waals surface area contributed by atoms with Gasteiger partial charge in [0, 0.05) is 12.1 Å². The lowest BCUT2D eigenvalue weighted by molar-refractivity contribution is -0.134. The third kappa shape index (κ3) is 4.25. The molecule has 0 spiro atoms. The summed E-state index contributed by atoms with van der Waals surface area (Å²) in [6, 6.07) is 15.5. The highest BCUT2D eigenvalue weighted by Crippen LogP contribution is 2.31. The molecule has 1 amide bonds. The Bertz CT molecular complexity index is 905. The molecule has 3 rings (SSSR count). The summed E-state index contributed by atoms with van der Waals surface area (Å²) in [6.07, 6.45) is 3.17. The molecule has 5 nitrogen and oxygen atoms in total. The summed E-state index contributed by atoms with van der Waals surface area (Å²) in [6.45, 7) is 6.19. The predicted octanol–water partition coefficient (Wildman–Crippen LogP) is 4.88.